The second-order valence-corrected chi connectivity index (χ2v) is 11.9. The van der Waals surface area contributed by atoms with E-state index in [-0.39, 0.29) is 27.8 Å². The number of benzene rings is 3. The number of methoxy groups -OCH3 is 1. The Balaban J connectivity index is 1.45. The van der Waals surface area contributed by atoms with Crippen LogP contribution in [0.5, 0.6) is 11.5 Å². The highest BCUT2D eigenvalue weighted by atomic mass is 79.9. The molecule has 1 saturated heterocycles. The van der Waals surface area contributed by atoms with Crippen LogP contribution in [-0.4, -0.2) is 48.2 Å². The van der Waals surface area contributed by atoms with E-state index in [1.807, 2.05) is 24.3 Å². The molecule has 0 atom stereocenters. The van der Waals surface area contributed by atoms with Gasteiger partial charge in [-0.15, -0.1) is 0 Å². The number of ether oxygens (including phenoxy) is 3. The molecule has 3 amide bonds. The maximum absolute atomic E-state index is 13.0. The molecule has 3 aromatic carbocycles. The van der Waals surface area contributed by atoms with Gasteiger partial charge in [0.15, 0.2) is 11.5 Å². The van der Waals surface area contributed by atoms with Crippen LogP contribution in [0, 0.1) is 0 Å². The summed E-state index contributed by atoms with van der Waals surface area (Å²) in [5, 5.41) is 2.14. The standard InChI is InChI=1S/C29H23Br2ClN2O7S/c1-3-40-28(37)20-13-19(8-9-22(20)32)33-25(35)14-34-27(36)24(42-29(34)38)12-17-10-21(31)26(23(11-17)39-2)41-15-16-4-6-18(30)7-5-16/h4-13H,3,14-15H2,1-2H3,(H,33,35)/b24-12+. The van der Waals surface area contributed by atoms with E-state index in [1.165, 1.54) is 25.3 Å². The molecule has 1 heterocycles. The molecule has 13 heteroatoms. The predicted octanol–water partition coefficient (Wildman–Crippen LogP) is 7.30. The van der Waals surface area contributed by atoms with Crippen LogP contribution in [0.2, 0.25) is 5.02 Å². The van der Waals surface area contributed by atoms with Gasteiger partial charge < -0.3 is 19.5 Å². The van der Waals surface area contributed by atoms with Crippen LogP contribution in [0.25, 0.3) is 6.08 Å². The number of carbonyl (C=O) groups is 4. The van der Waals surface area contributed by atoms with Gasteiger partial charge in [0.25, 0.3) is 11.1 Å². The van der Waals surface area contributed by atoms with E-state index < -0.39 is 29.6 Å². The van der Waals surface area contributed by atoms with Gasteiger partial charge in [0.1, 0.15) is 13.2 Å². The molecule has 4 rings (SSSR count). The molecule has 0 spiro atoms. The summed E-state index contributed by atoms with van der Waals surface area (Å²) in [5.41, 5.74) is 1.88. The Hall–Kier alpha value is -3.32. The van der Waals surface area contributed by atoms with E-state index >= 15 is 0 Å². The molecule has 0 aromatic heterocycles. The first kappa shape index (κ1) is 31.6. The maximum atomic E-state index is 13.0. The topological polar surface area (TPSA) is 111 Å². The van der Waals surface area contributed by atoms with E-state index in [4.69, 9.17) is 25.8 Å². The molecule has 1 aliphatic heterocycles. The second-order valence-electron chi connectivity index (χ2n) is 8.68. The number of anilines is 1. The molecule has 0 bridgehead atoms. The van der Waals surface area contributed by atoms with Crippen molar-refractivity contribution in [2.75, 3.05) is 25.6 Å². The lowest BCUT2D eigenvalue weighted by Gasteiger charge is -2.14. The van der Waals surface area contributed by atoms with Gasteiger partial charge in [-0.2, -0.15) is 0 Å². The highest BCUT2D eigenvalue weighted by Gasteiger charge is 2.36. The average Bonchev–Trinajstić information content (AvgIpc) is 3.21. The maximum Gasteiger partial charge on any atom is 0.339 e. The Morgan fingerprint density at radius 3 is 2.50 bits per heavy atom. The fourth-order valence-electron chi connectivity index (χ4n) is 3.80. The third kappa shape index (κ3) is 7.74. The minimum atomic E-state index is -0.637. The SMILES string of the molecule is CCOC(=O)c1cc(NC(=O)CN2C(=O)S/C(=C/c3cc(Br)c(OCc4ccc(Br)cc4)c(OC)c3)C2=O)ccc1Cl. The first-order chi connectivity index (χ1) is 20.1. The third-order valence-corrected chi connectivity index (χ3v) is 8.12. The lowest BCUT2D eigenvalue weighted by atomic mass is 10.1. The zero-order valence-corrected chi connectivity index (χ0v) is 27.0. The molecule has 1 N–H and O–H groups in total. The van der Waals surface area contributed by atoms with Crippen molar-refractivity contribution in [1.82, 2.24) is 4.90 Å². The first-order valence-electron chi connectivity index (χ1n) is 12.4. The monoisotopic (exact) mass is 736 g/mol. The van der Waals surface area contributed by atoms with Crippen molar-refractivity contribution in [3.8, 4) is 11.5 Å². The molecule has 1 aliphatic rings. The summed E-state index contributed by atoms with van der Waals surface area (Å²) in [6.45, 7) is 1.61. The Kier molecular flexibility index (Phi) is 10.7. The Labute approximate surface area is 267 Å². The molecule has 0 aliphatic carbocycles. The number of halogens is 3. The molecule has 1 fully saturated rings. The number of amides is 3. The average molecular weight is 739 g/mol. The van der Waals surface area contributed by atoms with Crippen LogP contribution < -0.4 is 14.8 Å². The quantitative estimate of drug-likeness (QED) is 0.171. The largest absolute Gasteiger partial charge is 0.493 e. The zero-order valence-electron chi connectivity index (χ0n) is 22.2. The first-order valence-corrected chi connectivity index (χ1v) is 15.1. The number of imide groups is 1. The molecule has 0 saturated carbocycles. The Bertz CT molecular complexity index is 1580. The fraction of sp³-hybridized carbons (Fsp3) is 0.172. The summed E-state index contributed by atoms with van der Waals surface area (Å²) in [6.07, 6.45) is 1.54. The number of rotatable bonds is 10. The van der Waals surface area contributed by atoms with E-state index in [9.17, 15) is 19.2 Å². The molecular weight excluding hydrogens is 716 g/mol. The van der Waals surface area contributed by atoms with Crippen LogP contribution >= 0.6 is 55.2 Å². The number of nitrogens with zero attached hydrogens (tertiary/aromatic N) is 1. The lowest BCUT2D eigenvalue weighted by molar-refractivity contribution is -0.127. The van der Waals surface area contributed by atoms with Gasteiger partial charge in [-0.05, 0) is 94.3 Å². The van der Waals surface area contributed by atoms with Gasteiger partial charge in [0.05, 0.1) is 33.7 Å². The van der Waals surface area contributed by atoms with Gasteiger partial charge in [-0.25, -0.2) is 4.79 Å². The van der Waals surface area contributed by atoms with Crippen LogP contribution in [0.4, 0.5) is 10.5 Å². The van der Waals surface area contributed by atoms with Crippen LogP contribution in [0.3, 0.4) is 0 Å². The van der Waals surface area contributed by atoms with Gasteiger partial charge >= 0.3 is 5.97 Å². The minimum absolute atomic E-state index is 0.0803. The van der Waals surface area contributed by atoms with Crippen molar-refractivity contribution >= 4 is 90.0 Å². The summed E-state index contributed by atoms with van der Waals surface area (Å²) in [4.78, 5) is 51.4. The molecular formula is C29H23Br2ClN2O7S. The number of esters is 1. The second kappa shape index (κ2) is 14.2. The van der Waals surface area contributed by atoms with Crippen molar-refractivity contribution in [1.29, 1.82) is 0 Å². The number of hydrogen-bond donors (Lipinski definition) is 1. The van der Waals surface area contributed by atoms with E-state index in [2.05, 4.69) is 37.2 Å². The number of thioether (sulfide) groups is 1. The zero-order chi connectivity index (χ0) is 30.4. The van der Waals surface area contributed by atoms with Gasteiger partial charge in [0, 0.05) is 10.2 Å². The van der Waals surface area contributed by atoms with Crippen molar-refractivity contribution in [2.24, 2.45) is 0 Å². The fourth-order valence-corrected chi connectivity index (χ4v) is 5.67. The molecule has 218 valence electrons. The van der Waals surface area contributed by atoms with Crippen LogP contribution in [0.15, 0.2) is 68.4 Å². The predicted molar refractivity (Wildman–Crippen MR) is 168 cm³/mol. The van der Waals surface area contributed by atoms with Crippen molar-refractivity contribution in [3.63, 3.8) is 0 Å². The number of nitrogens with one attached hydrogen (secondary N) is 1. The van der Waals surface area contributed by atoms with E-state index in [0.717, 1.165) is 26.7 Å². The van der Waals surface area contributed by atoms with Crippen molar-refractivity contribution < 1.29 is 33.4 Å². The molecule has 9 nitrogen and oxygen atoms in total. The van der Waals surface area contributed by atoms with Gasteiger partial charge in [-0.1, -0.05) is 39.7 Å². The van der Waals surface area contributed by atoms with Gasteiger partial charge in [-0.3, -0.25) is 19.3 Å². The summed E-state index contributed by atoms with van der Waals surface area (Å²) < 4.78 is 18.0. The summed E-state index contributed by atoms with van der Waals surface area (Å²) in [6, 6.07) is 15.4. The lowest BCUT2D eigenvalue weighted by Crippen LogP contribution is -2.36. The highest BCUT2D eigenvalue weighted by molar-refractivity contribution is 9.10. The number of carbonyl (C=O) groups excluding carboxylic acids is 4. The smallest absolute Gasteiger partial charge is 0.339 e. The normalized spacial score (nSPS) is 13.8. The van der Waals surface area contributed by atoms with Gasteiger partial charge in [0.2, 0.25) is 5.91 Å². The van der Waals surface area contributed by atoms with E-state index in [1.54, 1.807) is 25.1 Å². The van der Waals surface area contributed by atoms with Crippen molar-refractivity contribution in [3.05, 3.63) is 90.2 Å². The summed E-state index contributed by atoms with van der Waals surface area (Å²) >= 11 is 13.7. The van der Waals surface area contributed by atoms with Crippen LogP contribution in [0.1, 0.15) is 28.4 Å². The molecule has 3 aromatic rings. The molecule has 0 unspecified atom stereocenters. The molecule has 42 heavy (non-hydrogen) atoms. The third-order valence-electron chi connectivity index (χ3n) is 5.77. The number of hydrogen-bond acceptors (Lipinski definition) is 8. The highest BCUT2D eigenvalue weighted by Crippen LogP contribution is 2.39. The minimum Gasteiger partial charge on any atom is -0.493 e. The van der Waals surface area contributed by atoms with Crippen LogP contribution in [-0.2, 0) is 20.9 Å². The molecule has 0 radical (unpaired) electrons. The van der Waals surface area contributed by atoms with Crippen molar-refractivity contribution in [2.45, 2.75) is 13.5 Å². The Morgan fingerprint density at radius 2 is 1.81 bits per heavy atom. The van der Waals surface area contributed by atoms with E-state index in [0.29, 0.717) is 28.1 Å². The summed E-state index contributed by atoms with van der Waals surface area (Å²) in [7, 11) is 1.50. The summed E-state index contributed by atoms with van der Waals surface area (Å²) in [5.74, 6) is -0.976. The Morgan fingerprint density at radius 1 is 1.07 bits per heavy atom.